The minimum absolute atomic E-state index is 0.0201. The first-order valence-electron chi connectivity index (χ1n) is 10.2. The summed E-state index contributed by atoms with van der Waals surface area (Å²) in [5, 5.41) is 26.1. The summed E-state index contributed by atoms with van der Waals surface area (Å²) in [7, 11) is 0. The molecule has 2 aromatic rings. The maximum Gasteiger partial charge on any atom is 0.404 e. The smallest absolute Gasteiger partial charge is 0.404 e. The Morgan fingerprint density at radius 1 is 1.03 bits per heavy atom. The van der Waals surface area contributed by atoms with E-state index in [0.29, 0.717) is 17.3 Å². The Labute approximate surface area is 173 Å². The number of aromatic nitrogens is 3. The van der Waals surface area contributed by atoms with E-state index < -0.39 is 12.0 Å². The Morgan fingerprint density at radius 2 is 1.83 bits per heavy atom. The summed E-state index contributed by atoms with van der Waals surface area (Å²) < 4.78 is 0. The molecule has 2 unspecified atom stereocenters. The van der Waals surface area contributed by atoms with E-state index in [1.54, 1.807) is 6.07 Å². The van der Waals surface area contributed by atoms with E-state index >= 15 is 0 Å². The van der Waals surface area contributed by atoms with Crippen molar-refractivity contribution in [1.82, 2.24) is 20.5 Å². The maximum atomic E-state index is 11.8. The summed E-state index contributed by atoms with van der Waals surface area (Å²) in [4.78, 5) is 27.6. The van der Waals surface area contributed by atoms with Crippen molar-refractivity contribution in [3.63, 3.8) is 0 Å². The number of hydrogen-bond acceptors (Lipinski definition) is 7. The fraction of sp³-hybridized carbons (Fsp3) is 0.450. The van der Waals surface area contributed by atoms with Crippen molar-refractivity contribution in [2.45, 2.75) is 57.0 Å². The summed E-state index contributed by atoms with van der Waals surface area (Å²) in [6.45, 7) is 0. The summed E-state index contributed by atoms with van der Waals surface area (Å²) >= 11 is 0. The second-order valence-electron chi connectivity index (χ2n) is 7.73. The van der Waals surface area contributed by atoms with Crippen molar-refractivity contribution in [1.29, 1.82) is 0 Å². The number of carbonyl (C=O) groups excluding carboxylic acids is 1. The van der Waals surface area contributed by atoms with Crippen molar-refractivity contribution < 1.29 is 14.7 Å². The molecular formula is C20H25N7O3. The predicted molar refractivity (Wildman–Crippen MR) is 111 cm³/mol. The second-order valence-corrected chi connectivity index (χ2v) is 7.73. The van der Waals surface area contributed by atoms with Crippen molar-refractivity contribution in [3.8, 4) is 0 Å². The average molecular weight is 411 g/mol. The Morgan fingerprint density at radius 3 is 2.60 bits per heavy atom. The lowest BCUT2D eigenvalue weighted by molar-refractivity contribution is 0.0995. The Balaban J connectivity index is 1.56. The van der Waals surface area contributed by atoms with Gasteiger partial charge in [-0.15, -0.1) is 10.2 Å². The highest BCUT2D eigenvalue weighted by Crippen LogP contribution is 2.27. The molecule has 0 aliphatic heterocycles. The summed E-state index contributed by atoms with van der Waals surface area (Å²) in [5.74, 6) is 0.355. The first-order chi connectivity index (χ1) is 14.5. The molecule has 1 fully saturated rings. The van der Waals surface area contributed by atoms with Crippen LogP contribution in [-0.4, -0.2) is 44.4 Å². The number of amides is 2. The van der Waals surface area contributed by atoms with Crippen LogP contribution in [-0.2, 0) is 12.8 Å². The van der Waals surface area contributed by atoms with Gasteiger partial charge in [-0.05, 0) is 43.7 Å². The number of anilines is 3. The highest BCUT2D eigenvalue weighted by Gasteiger charge is 2.27. The normalized spacial score (nSPS) is 20.3. The van der Waals surface area contributed by atoms with Gasteiger partial charge < -0.3 is 26.8 Å². The summed E-state index contributed by atoms with van der Waals surface area (Å²) in [6.07, 6.45) is 5.53. The minimum Gasteiger partial charge on any atom is -0.465 e. The van der Waals surface area contributed by atoms with Gasteiger partial charge in [0.1, 0.15) is 5.82 Å². The van der Waals surface area contributed by atoms with Crippen LogP contribution < -0.4 is 21.7 Å². The summed E-state index contributed by atoms with van der Waals surface area (Å²) in [6, 6.07) is 5.24. The minimum atomic E-state index is -1.05. The molecule has 2 aliphatic carbocycles. The molecule has 2 aromatic heterocycles. The van der Waals surface area contributed by atoms with Gasteiger partial charge in [-0.1, -0.05) is 18.9 Å². The first kappa shape index (κ1) is 19.9. The summed E-state index contributed by atoms with van der Waals surface area (Å²) in [5.41, 5.74) is 8.21. The molecule has 10 nitrogen and oxygen atoms in total. The molecule has 30 heavy (non-hydrogen) atoms. The molecule has 6 N–H and O–H groups in total. The van der Waals surface area contributed by atoms with Crippen molar-refractivity contribution >= 4 is 29.3 Å². The number of rotatable bonds is 6. The van der Waals surface area contributed by atoms with Crippen LogP contribution in [0.3, 0.4) is 0 Å². The third-order valence-corrected chi connectivity index (χ3v) is 5.63. The highest BCUT2D eigenvalue weighted by molar-refractivity contribution is 5.97. The number of aryl methyl sites for hydroxylation is 2. The fourth-order valence-corrected chi connectivity index (χ4v) is 4.19. The third kappa shape index (κ3) is 4.42. The Kier molecular flexibility index (Phi) is 5.64. The lowest BCUT2D eigenvalue weighted by Crippen LogP contribution is -2.48. The average Bonchev–Trinajstić information content (AvgIpc) is 3.17. The zero-order valence-electron chi connectivity index (χ0n) is 16.5. The maximum absolute atomic E-state index is 11.8. The van der Waals surface area contributed by atoms with Crippen LogP contribution >= 0.6 is 0 Å². The van der Waals surface area contributed by atoms with Crippen molar-refractivity contribution in [2.75, 3.05) is 10.6 Å². The van der Waals surface area contributed by atoms with E-state index in [2.05, 4.69) is 31.1 Å². The van der Waals surface area contributed by atoms with E-state index in [1.165, 1.54) is 5.56 Å². The van der Waals surface area contributed by atoms with E-state index in [1.807, 2.05) is 12.1 Å². The number of nitrogens with two attached hydrogens (primary N) is 1. The number of pyridine rings is 1. The number of carbonyl (C=O) groups is 2. The van der Waals surface area contributed by atoms with Crippen LogP contribution in [0.1, 0.15) is 53.8 Å². The fourth-order valence-electron chi connectivity index (χ4n) is 4.19. The number of fused-ring (bicyclic) bond motifs is 1. The van der Waals surface area contributed by atoms with Gasteiger partial charge in [0.2, 0.25) is 0 Å². The lowest BCUT2D eigenvalue weighted by Gasteiger charge is -2.32. The quantitative estimate of drug-likeness (QED) is 0.484. The Bertz CT molecular complexity index is 965. The van der Waals surface area contributed by atoms with Crippen LogP contribution in [0.5, 0.6) is 0 Å². The molecule has 2 heterocycles. The van der Waals surface area contributed by atoms with Crippen molar-refractivity contribution in [3.05, 3.63) is 35.2 Å². The first-order valence-corrected chi connectivity index (χ1v) is 10.2. The standard InChI is InChI=1S/C20H25N7O3/c21-19(28)18-15(24-16-9-8-11-4-3-7-12(11)22-16)10-17(26-27-18)23-13-5-1-2-6-14(13)25-20(29)30/h8-10,13-14,25H,1-7H2,(H2,21,28)(H,29,30)(H2,22,23,24,26). The number of nitrogens with zero attached hydrogens (tertiary/aromatic N) is 3. The van der Waals surface area contributed by atoms with Gasteiger partial charge in [-0.3, -0.25) is 4.79 Å². The molecule has 0 bridgehead atoms. The van der Waals surface area contributed by atoms with Crippen LogP contribution in [0.25, 0.3) is 0 Å². The Hall–Kier alpha value is -3.43. The molecule has 2 atom stereocenters. The van der Waals surface area contributed by atoms with Crippen LogP contribution in [0, 0.1) is 0 Å². The second kappa shape index (κ2) is 8.52. The number of hydrogen-bond donors (Lipinski definition) is 5. The van der Waals surface area contributed by atoms with Crippen LogP contribution in [0.2, 0.25) is 0 Å². The van der Waals surface area contributed by atoms with Crippen molar-refractivity contribution in [2.24, 2.45) is 5.73 Å². The largest absolute Gasteiger partial charge is 0.465 e. The number of primary amides is 1. The molecule has 4 rings (SSSR count). The van der Waals surface area contributed by atoms with E-state index in [9.17, 15) is 9.59 Å². The number of nitrogens with one attached hydrogen (secondary N) is 3. The SMILES string of the molecule is NC(=O)c1nnc(NC2CCCCC2NC(=O)O)cc1Nc1ccc2c(n1)CCC2. The van der Waals surface area contributed by atoms with Gasteiger partial charge in [0.25, 0.3) is 5.91 Å². The van der Waals surface area contributed by atoms with E-state index in [-0.39, 0.29) is 17.8 Å². The molecule has 1 saturated carbocycles. The van der Waals surface area contributed by atoms with Crippen LogP contribution in [0.15, 0.2) is 18.2 Å². The number of carboxylic acid groups (broad SMARTS) is 1. The van der Waals surface area contributed by atoms with Gasteiger partial charge in [0.15, 0.2) is 11.5 Å². The molecule has 158 valence electrons. The molecule has 2 aliphatic rings. The molecule has 0 aromatic carbocycles. The van der Waals surface area contributed by atoms with E-state index in [0.717, 1.165) is 50.6 Å². The molecule has 0 spiro atoms. The van der Waals surface area contributed by atoms with Crippen LogP contribution in [0.4, 0.5) is 22.1 Å². The molecular weight excluding hydrogens is 386 g/mol. The molecule has 0 radical (unpaired) electrons. The van der Waals surface area contributed by atoms with E-state index in [4.69, 9.17) is 10.8 Å². The zero-order chi connectivity index (χ0) is 21.1. The van der Waals surface area contributed by atoms with Gasteiger partial charge >= 0.3 is 6.09 Å². The topological polar surface area (TPSA) is 155 Å². The molecule has 10 heteroatoms. The lowest BCUT2D eigenvalue weighted by atomic mass is 9.90. The highest BCUT2D eigenvalue weighted by atomic mass is 16.4. The predicted octanol–water partition coefficient (Wildman–Crippen LogP) is 2.19. The molecule has 0 saturated heterocycles. The monoisotopic (exact) mass is 411 g/mol. The molecule has 2 amide bonds. The van der Waals surface area contributed by atoms with Gasteiger partial charge in [-0.25, -0.2) is 9.78 Å². The third-order valence-electron chi connectivity index (χ3n) is 5.63. The van der Waals surface area contributed by atoms with Gasteiger partial charge in [0.05, 0.1) is 11.7 Å². The van der Waals surface area contributed by atoms with Gasteiger partial charge in [-0.2, -0.15) is 0 Å². The zero-order valence-corrected chi connectivity index (χ0v) is 16.5. The van der Waals surface area contributed by atoms with Gasteiger partial charge in [0, 0.05) is 17.8 Å².